The van der Waals surface area contributed by atoms with Crippen LogP contribution < -0.4 is 21.1 Å². The Morgan fingerprint density at radius 3 is 2.50 bits per heavy atom. The predicted octanol–water partition coefficient (Wildman–Crippen LogP) is 2.89. The van der Waals surface area contributed by atoms with Gasteiger partial charge in [-0.05, 0) is 43.0 Å². The van der Waals surface area contributed by atoms with E-state index in [1.165, 1.54) is 13.3 Å². The first-order chi connectivity index (χ1) is 11.5. The highest BCUT2D eigenvalue weighted by Crippen LogP contribution is 2.39. The van der Waals surface area contributed by atoms with Gasteiger partial charge in [-0.3, -0.25) is 9.59 Å². The third kappa shape index (κ3) is 4.71. The molecule has 132 valence electrons. The van der Waals surface area contributed by atoms with E-state index in [9.17, 15) is 9.59 Å². The minimum Gasteiger partial charge on any atom is -0.495 e. The molecule has 0 heterocycles. The number of anilines is 2. The molecular weight excluding hydrogens is 306 g/mol. The van der Waals surface area contributed by atoms with E-state index in [4.69, 9.17) is 10.5 Å². The van der Waals surface area contributed by atoms with Crippen molar-refractivity contribution >= 4 is 23.2 Å². The molecule has 0 bridgehead atoms. The number of hydrogen-bond donors (Lipinski definition) is 3. The molecule has 0 unspecified atom stereocenters. The molecule has 0 aliphatic heterocycles. The van der Waals surface area contributed by atoms with E-state index in [0.717, 1.165) is 25.7 Å². The second-order valence-corrected chi connectivity index (χ2v) is 6.59. The van der Waals surface area contributed by atoms with Crippen LogP contribution in [-0.2, 0) is 9.59 Å². The van der Waals surface area contributed by atoms with Gasteiger partial charge in [0, 0.05) is 19.0 Å². The third-order valence-electron chi connectivity index (χ3n) is 4.68. The van der Waals surface area contributed by atoms with Gasteiger partial charge in [0.2, 0.25) is 11.8 Å². The quantitative estimate of drug-likeness (QED) is 0.746. The van der Waals surface area contributed by atoms with Crippen LogP contribution in [-0.4, -0.2) is 25.5 Å². The number of carbonyl (C=O) groups excluding carboxylic acids is 2. The maximum Gasteiger partial charge on any atom is 0.225 e. The van der Waals surface area contributed by atoms with Crippen LogP contribution in [0.2, 0.25) is 0 Å². The van der Waals surface area contributed by atoms with Crippen LogP contribution in [0.3, 0.4) is 0 Å². The summed E-state index contributed by atoms with van der Waals surface area (Å²) in [6.07, 6.45) is 5.89. The molecule has 0 radical (unpaired) electrons. The summed E-state index contributed by atoms with van der Waals surface area (Å²) in [6.45, 7) is 1.97. The Labute approximate surface area is 143 Å². The van der Waals surface area contributed by atoms with Crippen molar-refractivity contribution in [2.75, 3.05) is 24.3 Å². The van der Waals surface area contributed by atoms with Gasteiger partial charge < -0.3 is 21.1 Å². The summed E-state index contributed by atoms with van der Waals surface area (Å²) in [5, 5.41) is 5.61. The van der Waals surface area contributed by atoms with Crippen molar-refractivity contribution in [1.29, 1.82) is 0 Å². The van der Waals surface area contributed by atoms with Crippen LogP contribution in [0.1, 0.15) is 45.4 Å². The highest BCUT2D eigenvalue weighted by atomic mass is 16.5. The predicted molar refractivity (Wildman–Crippen MR) is 95.1 cm³/mol. The molecule has 6 nitrogen and oxygen atoms in total. The van der Waals surface area contributed by atoms with E-state index in [2.05, 4.69) is 10.6 Å². The summed E-state index contributed by atoms with van der Waals surface area (Å²) in [7, 11) is 1.55. The minimum atomic E-state index is -0.165. The molecule has 24 heavy (non-hydrogen) atoms. The Morgan fingerprint density at radius 1 is 1.21 bits per heavy atom. The molecule has 1 aliphatic rings. The average Bonchev–Trinajstić information content (AvgIpc) is 2.55. The molecule has 6 heteroatoms. The van der Waals surface area contributed by atoms with Gasteiger partial charge in [-0.15, -0.1) is 0 Å². The summed E-state index contributed by atoms with van der Waals surface area (Å²) >= 11 is 0. The number of amides is 2. The second-order valence-electron chi connectivity index (χ2n) is 6.59. The lowest BCUT2D eigenvalue weighted by Crippen LogP contribution is -2.36. The summed E-state index contributed by atoms with van der Waals surface area (Å²) in [6, 6.07) is 5.16. The Bertz CT molecular complexity index is 595. The fourth-order valence-corrected chi connectivity index (χ4v) is 3.38. The zero-order valence-electron chi connectivity index (χ0n) is 14.5. The standard InChI is InChI=1S/C18H27N3O3/c1-13(22)20-14-6-7-16(24-2)15(10-14)21-17(23)11-18(12-19)8-4-3-5-9-18/h6-7,10H,3-5,8-9,11-12,19H2,1-2H3,(H,20,22)(H,21,23). The first-order valence-electron chi connectivity index (χ1n) is 8.43. The number of nitrogens with one attached hydrogen (secondary N) is 2. The third-order valence-corrected chi connectivity index (χ3v) is 4.68. The number of carbonyl (C=O) groups is 2. The maximum atomic E-state index is 12.5. The Kier molecular flexibility index (Phi) is 6.20. The lowest BCUT2D eigenvalue weighted by molar-refractivity contribution is -0.119. The van der Waals surface area contributed by atoms with Gasteiger partial charge in [-0.1, -0.05) is 19.3 Å². The summed E-state index contributed by atoms with van der Waals surface area (Å²) in [5.41, 5.74) is 7.04. The Balaban J connectivity index is 2.10. The normalized spacial score (nSPS) is 16.3. The minimum absolute atomic E-state index is 0.0689. The zero-order valence-corrected chi connectivity index (χ0v) is 14.5. The monoisotopic (exact) mass is 333 g/mol. The number of methoxy groups -OCH3 is 1. The van der Waals surface area contributed by atoms with E-state index in [-0.39, 0.29) is 17.2 Å². The second kappa shape index (κ2) is 8.15. The van der Waals surface area contributed by atoms with Gasteiger partial charge in [0.25, 0.3) is 0 Å². The molecular formula is C18H27N3O3. The molecule has 2 rings (SSSR count). The van der Waals surface area contributed by atoms with Gasteiger partial charge in [0.15, 0.2) is 0 Å². The largest absolute Gasteiger partial charge is 0.495 e. The molecule has 0 saturated heterocycles. The smallest absolute Gasteiger partial charge is 0.225 e. The Hall–Kier alpha value is -2.08. The molecule has 1 fully saturated rings. The van der Waals surface area contributed by atoms with E-state index in [1.54, 1.807) is 25.3 Å². The van der Waals surface area contributed by atoms with Crippen molar-refractivity contribution in [1.82, 2.24) is 0 Å². The van der Waals surface area contributed by atoms with E-state index >= 15 is 0 Å². The average molecular weight is 333 g/mol. The molecule has 1 aromatic rings. The van der Waals surface area contributed by atoms with Gasteiger partial charge in [-0.2, -0.15) is 0 Å². The van der Waals surface area contributed by atoms with Gasteiger partial charge in [0.1, 0.15) is 5.75 Å². The van der Waals surface area contributed by atoms with Crippen molar-refractivity contribution in [3.8, 4) is 5.75 Å². The SMILES string of the molecule is COc1ccc(NC(C)=O)cc1NC(=O)CC1(CN)CCCCC1. The molecule has 1 aliphatic carbocycles. The number of benzene rings is 1. The maximum absolute atomic E-state index is 12.5. The lowest BCUT2D eigenvalue weighted by atomic mass is 9.71. The first-order valence-corrected chi connectivity index (χ1v) is 8.43. The van der Waals surface area contributed by atoms with Crippen LogP contribution in [0.15, 0.2) is 18.2 Å². The Morgan fingerprint density at radius 2 is 1.92 bits per heavy atom. The van der Waals surface area contributed by atoms with Gasteiger partial charge in [-0.25, -0.2) is 0 Å². The first kappa shape index (κ1) is 18.3. The number of hydrogen-bond acceptors (Lipinski definition) is 4. The zero-order chi connectivity index (χ0) is 17.6. The lowest BCUT2D eigenvalue weighted by Gasteiger charge is -2.35. The highest BCUT2D eigenvalue weighted by molar-refractivity contribution is 5.95. The van der Waals surface area contributed by atoms with Gasteiger partial charge in [0.05, 0.1) is 12.8 Å². The van der Waals surface area contributed by atoms with Crippen molar-refractivity contribution in [2.24, 2.45) is 11.1 Å². The summed E-state index contributed by atoms with van der Waals surface area (Å²) < 4.78 is 5.30. The molecule has 0 spiro atoms. The highest BCUT2D eigenvalue weighted by Gasteiger charge is 2.33. The fraction of sp³-hybridized carbons (Fsp3) is 0.556. The van der Waals surface area contributed by atoms with Crippen LogP contribution in [0.5, 0.6) is 5.75 Å². The van der Waals surface area contributed by atoms with Crippen molar-refractivity contribution in [3.05, 3.63) is 18.2 Å². The topological polar surface area (TPSA) is 93.5 Å². The summed E-state index contributed by atoms with van der Waals surface area (Å²) in [4.78, 5) is 23.7. The number of rotatable bonds is 6. The fourth-order valence-electron chi connectivity index (χ4n) is 3.38. The molecule has 4 N–H and O–H groups in total. The van der Waals surface area contributed by atoms with Crippen molar-refractivity contribution in [2.45, 2.75) is 45.4 Å². The molecule has 0 atom stereocenters. The van der Waals surface area contributed by atoms with E-state index in [0.29, 0.717) is 30.1 Å². The molecule has 1 saturated carbocycles. The van der Waals surface area contributed by atoms with Crippen molar-refractivity contribution < 1.29 is 14.3 Å². The molecule has 0 aromatic heterocycles. The van der Waals surface area contributed by atoms with Crippen LogP contribution in [0.4, 0.5) is 11.4 Å². The molecule has 1 aromatic carbocycles. The van der Waals surface area contributed by atoms with E-state index < -0.39 is 0 Å². The van der Waals surface area contributed by atoms with Crippen LogP contribution in [0.25, 0.3) is 0 Å². The van der Waals surface area contributed by atoms with Crippen molar-refractivity contribution in [3.63, 3.8) is 0 Å². The molecule has 2 amide bonds. The van der Waals surface area contributed by atoms with E-state index in [1.807, 2.05) is 0 Å². The number of ether oxygens (including phenoxy) is 1. The number of nitrogens with two attached hydrogens (primary N) is 1. The van der Waals surface area contributed by atoms with Crippen LogP contribution in [0, 0.1) is 5.41 Å². The van der Waals surface area contributed by atoms with Gasteiger partial charge >= 0.3 is 0 Å². The van der Waals surface area contributed by atoms with Crippen LogP contribution >= 0.6 is 0 Å². The summed E-state index contributed by atoms with van der Waals surface area (Å²) in [5.74, 6) is 0.324.